The molecule has 3 aromatic rings. The molecule has 2 aromatic carbocycles. The van der Waals surface area contributed by atoms with Crippen LogP contribution in [0.5, 0.6) is 5.75 Å². The van der Waals surface area contributed by atoms with Gasteiger partial charge < -0.3 is 14.7 Å². The predicted octanol–water partition coefficient (Wildman–Crippen LogP) is 2.18. The van der Waals surface area contributed by atoms with Crippen molar-refractivity contribution in [1.82, 2.24) is 9.29 Å². The number of esters is 1. The van der Waals surface area contributed by atoms with E-state index in [1.54, 1.807) is 36.4 Å². The minimum Gasteiger partial charge on any atom is -0.508 e. The van der Waals surface area contributed by atoms with E-state index in [0.29, 0.717) is 16.8 Å². The normalized spacial score (nSPS) is 16.5. The number of phenolic OH excluding ortho intramolecular Hbond substituents is 1. The van der Waals surface area contributed by atoms with Crippen LogP contribution in [0.25, 0.3) is 0 Å². The fraction of sp³-hybridized carbons (Fsp3) is 0.174. The SMILES string of the molecule is COC(=O)C1CN(C(=O)c2ccncc2)c2ccccc2CN1S(=O)(=O)c1ccc(O)cc1. The molecule has 1 aromatic heterocycles. The maximum atomic E-state index is 13.6. The average molecular weight is 468 g/mol. The predicted molar refractivity (Wildman–Crippen MR) is 119 cm³/mol. The molecule has 4 rings (SSSR count). The third-order valence-electron chi connectivity index (χ3n) is 5.40. The van der Waals surface area contributed by atoms with Gasteiger partial charge in [0.25, 0.3) is 5.91 Å². The fourth-order valence-corrected chi connectivity index (χ4v) is 5.27. The van der Waals surface area contributed by atoms with Gasteiger partial charge in [-0.25, -0.2) is 8.42 Å². The quantitative estimate of drug-likeness (QED) is 0.585. The van der Waals surface area contributed by atoms with Crippen molar-refractivity contribution < 1.29 is 27.9 Å². The van der Waals surface area contributed by atoms with E-state index >= 15 is 0 Å². The van der Waals surface area contributed by atoms with E-state index in [-0.39, 0.29) is 23.7 Å². The van der Waals surface area contributed by atoms with Crippen LogP contribution in [-0.4, -0.2) is 54.4 Å². The first-order valence-corrected chi connectivity index (χ1v) is 11.5. The van der Waals surface area contributed by atoms with E-state index < -0.39 is 27.9 Å². The Morgan fingerprint density at radius 1 is 1.03 bits per heavy atom. The van der Waals surface area contributed by atoms with Gasteiger partial charge in [-0.15, -0.1) is 0 Å². The summed E-state index contributed by atoms with van der Waals surface area (Å²) in [5.74, 6) is -1.28. The third kappa shape index (κ3) is 4.30. The lowest BCUT2D eigenvalue weighted by atomic mass is 10.1. The van der Waals surface area contributed by atoms with Crippen LogP contribution in [0.2, 0.25) is 0 Å². The van der Waals surface area contributed by atoms with Crippen molar-refractivity contribution in [2.75, 3.05) is 18.6 Å². The molecule has 0 aliphatic carbocycles. The molecule has 0 saturated heterocycles. The topological polar surface area (TPSA) is 117 Å². The van der Waals surface area contributed by atoms with Crippen LogP contribution in [0.4, 0.5) is 5.69 Å². The smallest absolute Gasteiger partial charge is 0.326 e. The molecule has 2 heterocycles. The molecule has 0 saturated carbocycles. The number of rotatable bonds is 4. The molecule has 1 N–H and O–H groups in total. The van der Waals surface area contributed by atoms with Gasteiger partial charge in [-0.2, -0.15) is 4.31 Å². The number of nitrogens with zero attached hydrogens (tertiary/aromatic N) is 3. The second kappa shape index (κ2) is 9.00. The van der Waals surface area contributed by atoms with Gasteiger partial charge in [0.15, 0.2) is 0 Å². The number of carbonyl (C=O) groups excluding carboxylic acids is 2. The van der Waals surface area contributed by atoms with Gasteiger partial charge in [0.1, 0.15) is 11.8 Å². The highest BCUT2D eigenvalue weighted by Gasteiger charge is 2.42. The largest absolute Gasteiger partial charge is 0.508 e. The number of benzene rings is 2. The number of anilines is 1. The number of sulfonamides is 1. The Kier molecular flexibility index (Phi) is 6.12. The van der Waals surface area contributed by atoms with Gasteiger partial charge in [-0.05, 0) is 48.0 Å². The number of phenols is 1. The summed E-state index contributed by atoms with van der Waals surface area (Å²) < 4.78 is 33.1. The van der Waals surface area contributed by atoms with Crippen molar-refractivity contribution >= 4 is 27.6 Å². The number of aromatic nitrogens is 1. The van der Waals surface area contributed by atoms with Crippen molar-refractivity contribution in [3.8, 4) is 5.75 Å². The third-order valence-corrected chi connectivity index (χ3v) is 7.27. The number of carbonyl (C=O) groups is 2. The number of hydrogen-bond acceptors (Lipinski definition) is 7. The van der Waals surface area contributed by atoms with Crippen LogP contribution < -0.4 is 4.90 Å². The lowest BCUT2D eigenvalue weighted by Gasteiger charge is -2.29. The number of amides is 1. The van der Waals surface area contributed by atoms with Gasteiger partial charge in [0, 0.05) is 30.2 Å². The summed E-state index contributed by atoms with van der Waals surface area (Å²) in [6.45, 7) is -0.401. The zero-order valence-corrected chi connectivity index (χ0v) is 18.5. The van der Waals surface area contributed by atoms with Crippen molar-refractivity contribution in [1.29, 1.82) is 0 Å². The lowest BCUT2D eigenvalue weighted by molar-refractivity contribution is -0.144. The zero-order valence-electron chi connectivity index (χ0n) is 17.7. The van der Waals surface area contributed by atoms with Gasteiger partial charge in [0.2, 0.25) is 10.0 Å². The first-order chi connectivity index (χ1) is 15.8. The average Bonchev–Trinajstić information content (AvgIpc) is 3.02. The molecule has 10 heteroatoms. The Hall–Kier alpha value is -3.76. The highest BCUT2D eigenvalue weighted by atomic mass is 32.2. The number of pyridine rings is 1. The van der Waals surface area contributed by atoms with Gasteiger partial charge in [0.05, 0.1) is 18.6 Å². The summed E-state index contributed by atoms with van der Waals surface area (Å²) in [5, 5.41) is 9.56. The summed E-state index contributed by atoms with van der Waals surface area (Å²) >= 11 is 0. The lowest BCUT2D eigenvalue weighted by Crippen LogP contribution is -2.50. The molecule has 33 heavy (non-hydrogen) atoms. The Labute approximate surface area is 190 Å². The molecule has 1 amide bonds. The van der Waals surface area contributed by atoms with Gasteiger partial charge in [-0.3, -0.25) is 14.6 Å². The van der Waals surface area contributed by atoms with Crippen LogP contribution in [0.3, 0.4) is 0 Å². The first kappa shape index (κ1) is 22.4. The van der Waals surface area contributed by atoms with Crippen molar-refractivity contribution in [3.63, 3.8) is 0 Å². The maximum absolute atomic E-state index is 13.6. The number of ether oxygens (including phenoxy) is 1. The van der Waals surface area contributed by atoms with E-state index in [4.69, 9.17) is 4.74 Å². The van der Waals surface area contributed by atoms with Crippen LogP contribution in [0, 0.1) is 0 Å². The Morgan fingerprint density at radius 3 is 2.36 bits per heavy atom. The van der Waals surface area contributed by atoms with E-state index in [2.05, 4.69) is 4.98 Å². The molecule has 1 aliphatic rings. The van der Waals surface area contributed by atoms with E-state index in [0.717, 1.165) is 4.31 Å². The summed E-state index contributed by atoms with van der Waals surface area (Å²) in [5.41, 5.74) is 1.39. The highest BCUT2D eigenvalue weighted by molar-refractivity contribution is 7.89. The summed E-state index contributed by atoms with van der Waals surface area (Å²) in [7, 11) is -3.02. The molecule has 0 radical (unpaired) electrons. The van der Waals surface area contributed by atoms with E-state index in [1.165, 1.54) is 48.7 Å². The second-order valence-corrected chi connectivity index (χ2v) is 9.25. The monoisotopic (exact) mass is 467 g/mol. The van der Waals surface area contributed by atoms with Crippen molar-refractivity contribution in [2.24, 2.45) is 0 Å². The van der Waals surface area contributed by atoms with Crippen LogP contribution in [0.1, 0.15) is 15.9 Å². The second-order valence-electron chi connectivity index (χ2n) is 7.36. The molecule has 1 atom stereocenters. The summed E-state index contributed by atoms with van der Waals surface area (Å²) in [6, 6.07) is 13.7. The van der Waals surface area contributed by atoms with Crippen LogP contribution >= 0.6 is 0 Å². The Bertz CT molecular complexity index is 1280. The minimum absolute atomic E-state index is 0.0891. The van der Waals surface area contributed by atoms with E-state index in [9.17, 15) is 23.1 Å². The first-order valence-electron chi connectivity index (χ1n) is 10.0. The molecular formula is C23H21N3O6S. The van der Waals surface area contributed by atoms with Gasteiger partial charge in [-0.1, -0.05) is 18.2 Å². The molecule has 0 spiro atoms. The Morgan fingerprint density at radius 2 is 1.70 bits per heavy atom. The molecular weight excluding hydrogens is 446 g/mol. The molecule has 9 nitrogen and oxygen atoms in total. The minimum atomic E-state index is -4.19. The fourth-order valence-electron chi connectivity index (χ4n) is 3.73. The number of aromatic hydroxyl groups is 1. The maximum Gasteiger partial charge on any atom is 0.326 e. The highest BCUT2D eigenvalue weighted by Crippen LogP contribution is 2.32. The van der Waals surface area contributed by atoms with Crippen molar-refractivity contribution in [3.05, 3.63) is 84.2 Å². The number of fused-ring (bicyclic) bond motifs is 1. The zero-order chi connectivity index (χ0) is 23.6. The standard InChI is InChI=1S/C23H21N3O6S/c1-32-23(29)21-15-25(22(28)16-10-12-24-13-11-16)20-5-3-2-4-17(20)14-26(21)33(30,31)19-8-6-18(27)7-9-19/h2-13,21,27H,14-15H2,1H3. The van der Waals surface area contributed by atoms with E-state index in [1.807, 2.05) is 0 Å². The van der Waals surface area contributed by atoms with Gasteiger partial charge >= 0.3 is 5.97 Å². The summed E-state index contributed by atoms with van der Waals surface area (Å²) in [6.07, 6.45) is 2.96. The Balaban J connectivity index is 1.84. The van der Waals surface area contributed by atoms with Crippen LogP contribution in [0.15, 0.2) is 78.0 Å². The molecule has 0 fully saturated rings. The number of hydrogen-bond donors (Lipinski definition) is 1. The molecule has 0 bridgehead atoms. The molecule has 1 aliphatic heterocycles. The van der Waals surface area contributed by atoms with Crippen LogP contribution in [-0.2, 0) is 26.1 Å². The summed E-state index contributed by atoms with van der Waals surface area (Å²) in [4.78, 5) is 31.4. The number of methoxy groups -OCH3 is 1. The van der Waals surface area contributed by atoms with Crippen molar-refractivity contribution in [2.45, 2.75) is 17.5 Å². The molecule has 1 unspecified atom stereocenters. The molecule has 170 valence electrons. The number of para-hydroxylation sites is 1.